The number of amides is 1. The Labute approximate surface area is 129 Å². The Morgan fingerprint density at radius 1 is 1.14 bits per heavy atom. The van der Waals surface area contributed by atoms with E-state index in [1.807, 2.05) is 20.8 Å². The lowest BCUT2D eigenvalue weighted by Gasteiger charge is -2.40. The van der Waals surface area contributed by atoms with Crippen LogP contribution in [0.1, 0.15) is 72.6 Å². The van der Waals surface area contributed by atoms with Crippen molar-refractivity contribution in [3.8, 4) is 0 Å². The van der Waals surface area contributed by atoms with Crippen LogP contribution >= 0.6 is 0 Å². The smallest absolute Gasteiger partial charge is 0.407 e. The number of ether oxygens (including phenoxy) is 1. The molecular formula is C17H32N2O2. The van der Waals surface area contributed by atoms with Crippen molar-refractivity contribution in [2.45, 2.75) is 90.3 Å². The van der Waals surface area contributed by atoms with Crippen LogP contribution < -0.4 is 10.6 Å². The summed E-state index contributed by atoms with van der Waals surface area (Å²) >= 11 is 0. The summed E-state index contributed by atoms with van der Waals surface area (Å²) in [7, 11) is 0. The first-order valence-electron chi connectivity index (χ1n) is 8.49. The molecule has 4 nitrogen and oxygen atoms in total. The van der Waals surface area contributed by atoms with Crippen LogP contribution in [0, 0.1) is 5.41 Å². The molecule has 0 atom stereocenters. The molecule has 2 rings (SSSR count). The summed E-state index contributed by atoms with van der Waals surface area (Å²) in [6, 6.07) is 0.899. The fourth-order valence-electron chi connectivity index (χ4n) is 3.26. The Hall–Kier alpha value is -0.770. The van der Waals surface area contributed by atoms with Crippen molar-refractivity contribution in [2.75, 3.05) is 6.54 Å². The van der Waals surface area contributed by atoms with Gasteiger partial charge in [0.1, 0.15) is 5.60 Å². The second-order valence-electron chi connectivity index (χ2n) is 8.24. The van der Waals surface area contributed by atoms with Gasteiger partial charge >= 0.3 is 6.09 Å². The van der Waals surface area contributed by atoms with Crippen molar-refractivity contribution < 1.29 is 9.53 Å². The molecule has 0 aromatic heterocycles. The molecule has 2 saturated carbocycles. The van der Waals surface area contributed by atoms with Gasteiger partial charge in [-0.25, -0.2) is 4.79 Å². The number of carbonyl (C=O) groups excluding carboxylic acids is 1. The van der Waals surface area contributed by atoms with Crippen LogP contribution in [0.3, 0.4) is 0 Å². The normalized spacial score (nSPS) is 28.6. The molecule has 0 aromatic carbocycles. The minimum atomic E-state index is -0.416. The van der Waals surface area contributed by atoms with Crippen LogP contribution in [-0.2, 0) is 4.74 Å². The van der Waals surface area contributed by atoms with Crippen LogP contribution in [0.4, 0.5) is 4.79 Å². The summed E-state index contributed by atoms with van der Waals surface area (Å²) < 4.78 is 5.32. The van der Waals surface area contributed by atoms with Crippen molar-refractivity contribution in [1.29, 1.82) is 0 Å². The Bertz CT molecular complexity index is 350. The van der Waals surface area contributed by atoms with Gasteiger partial charge in [0.05, 0.1) is 0 Å². The van der Waals surface area contributed by atoms with E-state index in [2.05, 4.69) is 17.6 Å². The molecule has 0 aliphatic heterocycles. The minimum Gasteiger partial charge on any atom is -0.444 e. The average Bonchev–Trinajstić information content (AvgIpc) is 2.33. The maximum atomic E-state index is 11.8. The summed E-state index contributed by atoms with van der Waals surface area (Å²) in [5.74, 6) is 0. The molecule has 0 aromatic rings. The lowest BCUT2D eigenvalue weighted by molar-refractivity contribution is 0.0488. The average molecular weight is 296 g/mol. The number of hydrogen-bond acceptors (Lipinski definition) is 3. The molecule has 2 aliphatic carbocycles. The summed E-state index contributed by atoms with van der Waals surface area (Å²) in [4.78, 5) is 11.8. The van der Waals surface area contributed by atoms with Gasteiger partial charge in [-0.3, -0.25) is 0 Å². The third-order valence-electron chi connectivity index (χ3n) is 4.83. The van der Waals surface area contributed by atoms with E-state index in [4.69, 9.17) is 4.74 Å². The molecule has 0 spiro atoms. The summed E-state index contributed by atoms with van der Waals surface area (Å²) in [6.45, 7) is 9.23. The van der Waals surface area contributed by atoms with Crippen molar-refractivity contribution in [3.05, 3.63) is 0 Å². The van der Waals surface area contributed by atoms with Gasteiger partial charge in [-0.05, 0) is 64.7 Å². The van der Waals surface area contributed by atoms with Crippen LogP contribution in [0.5, 0.6) is 0 Å². The van der Waals surface area contributed by atoms with Crippen LogP contribution in [-0.4, -0.2) is 30.3 Å². The molecule has 1 amide bonds. The molecule has 0 heterocycles. The fraction of sp³-hybridized carbons (Fsp3) is 0.941. The van der Waals surface area contributed by atoms with Gasteiger partial charge in [0.2, 0.25) is 0 Å². The molecule has 0 radical (unpaired) electrons. The molecular weight excluding hydrogens is 264 g/mol. The topological polar surface area (TPSA) is 50.4 Å². The zero-order valence-electron chi connectivity index (χ0n) is 14.1. The molecule has 2 fully saturated rings. The summed E-state index contributed by atoms with van der Waals surface area (Å²) in [6.07, 6.45) is 8.25. The second kappa shape index (κ2) is 6.55. The lowest BCUT2D eigenvalue weighted by Crippen LogP contribution is -2.46. The van der Waals surface area contributed by atoms with Gasteiger partial charge in [0.15, 0.2) is 0 Å². The monoisotopic (exact) mass is 296 g/mol. The molecule has 0 saturated heterocycles. The van der Waals surface area contributed by atoms with Crippen LogP contribution in [0.15, 0.2) is 0 Å². The second-order valence-corrected chi connectivity index (χ2v) is 8.24. The van der Waals surface area contributed by atoms with Crippen LogP contribution in [0.2, 0.25) is 0 Å². The third-order valence-corrected chi connectivity index (χ3v) is 4.83. The first kappa shape index (κ1) is 16.6. The molecule has 4 heteroatoms. The highest BCUT2D eigenvalue weighted by molar-refractivity contribution is 5.68. The van der Waals surface area contributed by atoms with Gasteiger partial charge in [0.25, 0.3) is 0 Å². The Kier molecular flexibility index (Phi) is 5.18. The van der Waals surface area contributed by atoms with Gasteiger partial charge in [-0.2, -0.15) is 0 Å². The standard InChI is InChI=1S/C17H32N2O2/c1-16(2,3)21-15(20)19-14-8-6-13(7-9-14)18-12-17(4)10-5-11-17/h13-14,18H,5-12H2,1-4H3,(H,19,20). The molecule has 122 valence electrons. The molecule has 21 heavy (non-hydrogen) atoms. The Morgan fingerprint density at radius 3 is 2.19 bits per heavy atom. The number of rotatable bonds is 4. The fourth-order valence-corrected chi connectivity index (χ4v) is 3.26. The molecule has 0 bridgehead atoms. The number of nitrogens with one attached hydrogen (secondary N) is 2. The van der Waals surface area contributed by atoms with E-state index in [0.29, 0.717) is 11.5 Å². The third kappa shape index (κ3) is 5.50. The highest BCUT2D eigenvalue weighted by atomic mass is 16.6. The predicted molar refractivity (Wildman–Crippen MR) is 85.4 cm³/mol. The van der Waals surface area contributed by atoms with Gasteiger partial charge in [-0.1, -0.05) is 13.3 Å². The number of carbonyl (C=O) groups is 1. The van der Waals surface area contributed by atoms with Gasteiger partial charge in [0, 0.05) is 18.6 Å². The zero-order chi connectivity index (χ0) is 15.5. The zero-order valence-corrected chi connectivity index (χ0v) is 14.1. The number of alkyl carbamates (subject to hydrolysis) is 1. The van der Waals surface area contributed by atoms with E-state index in [0.717, 1.165) is 32.2 Å². The van der Waals surface area contributed by atoms with E-state index in [9.17, 15) is 4.79 Å². The van der Waals surface area contributed by atoms with Crippen molar-refractivity contribution >= 4 is 6.09 Å². The highest BCUT2D eigenvalue weighted by Crippen LogP contribution is 2.39. The Balaban J connectivity index is 1.62. The summed E-state index contributed by atoms with van der Waals surface area (Å²) in [5.41, 5.74) is 0.132. The van der Waals surface area contributed by atoms with E-state index in [-0.39, 0.29) is 12.1 Å². The maximum absolute atomic E-state index is 11.8. The maximum Gasteiger partial charge on any atom is 0.407 e. The first-order valence-corrected chi connectivity index (χ1v) is 8.49. The molecule has 0 unspecified atom stereocenters. The Morgan fingerprint density at radius 2 is 1.71 bits per heavy atom. The predicted octanol–water partition coefficient (Wildman–Crippen LogP) is 3.60. The van der Waals surface area contributed by atoms with Crippen LogP contribution in [0.25, 0.3) is 0 Å². The lowest BCUT2D eigenvalue weighted by atomic mass is 9.70. The largest absolute Gasteiger partial charge is 0.444 e. The van der Waals surface area contributed by atoms with E-state index < -0.39 is 5.60 Å². The van der Waals surface area contributed by atoms with Gasteiger partial charge in [-0.15, -0.1) is 0 Å². The van der Waals surface area contributed by atoms with E-state index in [1.54, 1.807) is 0 Å². The summed E-state index contributed by atoms with van der Waals surface area (Å²) in [5, 5.41) is 6.73. The molecule has 2 aliphatic rings. The van der Waals surface area contributed by atoms with Crippen molar-refractivity contribution in [3.63, 3.8) is 0 Å². The SMILES string of the molecule is CC1(CNC2CCC(NC(=O)OC(C)(C)C)CC2)CCC1. The molecule has 2 N–H and O–H groups in total. The minimum absolute atomic E-state index is 0.275. The highest BCUT2D eigenvalue weighted by Gasteiger charge is 2.32. The van der Waals surface area contributed by atoms with E-state index in [1.165, 1.54) is 19.3 Å². The van der Waals surface area contributed by atoms with Gasteiger partial charge < -0.3 is 15.4 Å². The van der Waals surface area contributed by atoms with Crippen molar-refractivity contribution in [2.24, 2.45) is 5.41 Å². The first-order chi connectivity index (χ1) is 9.76. The quantitative estimate of drug-likeness (QED) is 0.833. The number of hydrogen-bond donors (Lipinski definition) is 2. The van der Waals surface area contributed by atoms with E-state index >= 15 is 0 Å². The van der Waals surface area contributed by atoms with Crippen molar-refractivity contribution in [1.82, 2.24) is 10.6 Å².